The summed E-state index contributed by atoms with van der Waals surface area (Å²) in [6, 6.07) is 0. The van der Waals surface area contributed by atoms with Crippen molar-refractivity contribution in [1.82, 2.24) is 0 Å². The van der Waals surface area contributed by atoms with Crippen molar-refractivity contribution in [2.45, 2.75) is 45.4 Å². The van der Waals surface area contributed by atoms with Crippen molar-refractivity contribution in [1.29, 1.82) is 0 Å². The molecule has 0 saturated carbocycles. The Balaban J connectivity index is 3.84. The Kier molecular flexibility index (Phi) is 8.00. The van der Waals surface area contributed by atoms with Crippen LogP contribution in [0.2, 0.25) is 17.7 Å². The van der Waals surface area contributed by atoms with Gasteiger partial charge in [0, 0.05) is 0 Å². The standard InChI is InChI=1S/4C2H5.O.2Sn.2H/c4*1-2;;;;;/h4*1H2,2H3;;;;;. The third-order valence-electron chi connectivity index (χ3n) is 2.55. The molecule has 0 atom stereocenters. The Morgan fingerprint density at radius 2 is 1.45 bits per heavy atom. The molecule has 0 unspecified atom stereocenters. The van der Waals surface area contributed by atoms with Gasteiger partial charge in [0.2, 0.25) is 0 Å². The van der Waals surface area contributed by atoms with E-state index in [0.29, 0.717) is 0 Å². The predicted molar refractivity (Wildman–Crippen MR) is 57.3 cm³/mol. The van der Waals surface area contributed by atoms with Crippen LogP contribution in [0, 0.1) is 0 Å². The Hall–Kier alpha value is 1.56. The first-order valence-electron chi connectivity index (χ1n) is 4.88. The quantitative estimate of drug-likeness (QED) is 0.652. The maximum atomic E-state index is 6.25. The second kappa shape index (κ2) is 7.01. The molecule has 0 aliphatic heterocycles. The molecule has 0 fully saturated rings. The first-order valence-corrected chi connectivity index (χ1v) is 16.6. The van der Waals surface area contributed by atoms with E-state index in [1.54, 1.807) is 0 Å². The zero-order chi connectivity index (χ0) is 8.74. The Morgan fingerprint density at radius 3 is 1.73 bits per heavy atom. The van der Waals surface area contributed by atoms with Gasteiger partial charge in [0.15, 0.2) is 0 Å². The van der Waals surface area contributed by atoms with E-state index >= 15 is 0 Å². The van der Waals surface area contributed by atoms with E-state index in [1.165, 1.54) is 17.7 Å². The average molecular weight is 372 g/mol. The van der Waals surface area contributed by atoms with Crippen LogP contribution in [0.4, 0.5) is 0 Å². The van der Waals surface area contributed by atoms with Gasteiger partial charge in [-0.2, -0.15) is 0 Å². The van der Waals surface area contributed by atoms with Crippen LogP contribution in [-0.4, -0.2) is 40.3 Å². The Morgan fingerprint density at radius 1 is 1.00 bits per heavy atom. The van der Waals surface area contributed by atoms with E-state index in [-0.39, 0.29) is 0 Å². The van der Waals surface area contributed by atoms with Gasteiger partial charge < -0.3 is 0 Å². The van der Waals surface area contributed by atoms with Crippen LogP contribution < -0.4 is 0 Å². The first kappa shape index (κ1) is 12.6. The molecular weight excluding hydrogens is 350 g/mol. The van der Waals surface area contributed by atoms with Crippen molar-refractivity contribution in [3.8, 4) is 0 Å². The third kappa shape index (κ3) is 4.36. The normalized spacial score (nSPS) is 13.1. The predicted octanol–water partition coefficient (Wildman–Crippen LogP) is 2.53. The van der Waals surface area contributed by atoms with Crippen molar-refractivity contribution in [3.63, 3.8) is 0 Å². The van der Waals surface area contributed by atoms with Crippen molar-refractivity contribution >= 4 is 40.3 Å². The summed E-state index contributed by atoms with van der Waals surface area (Å²) in [6.07, 6.45) is 0. The summed E-state index contributed by atoms with van der Waals surface area (Å²) in [5.74, 6) is 0. The molecule has 0 rings (SSSR count). The van der Waals surface area contributed by atoms with E-state index in [2.05, 4.69) is 27.7 Å². The zero-order valence-corrected chi connectivity index (χ0v) is 15.3. The van der Waals surface area contributed by atoms with Gasteiger partial charge in [-0.05, 0) is 0 Å². The molecule has 0 aliphatic carbocycles. The topological polar surface area (TPSA) is 9.23 Å². The summed E-state index contributed by atoms with van der Waals surface area (Å²) in [5.41, 5.74) is 0. The Bertz CT molecular complexity index is 83.8. The first-order chi connectivity index (χ1) is 5.24. The number of hydrogen-bond acceptors (Lipinski definition) is 1. The fraction of sp³-hybridized carbons (Fsp3) is 1.00. The van der Waals surface area contributed by atoms with Crippen molar-refractivity contribution in [3.05, 3.63) is 0 Å². The van der Waals surface area contributed by atoms with Gasteiger partial charge in [0.05, 0.1) is 0 Å². The molecule has 0 saturated heterocycles. The van der Waals surface area contributed by atoms with Gasteiger partial charge in [-0.3, -0.25) is 0 Å². The van der Waals surface area contributed by atoms with Gasteiger partial charge >= 0.3 is 87.2 Å². The molecule has 1 nitrogen and oxygen atoms in total. The van der Waals surface area contributed by atoms with Crippen molar-refractivity contribution < 1.29 is 1.41 Å². The number of rotatable bonds is 6. The molecular formula is C8H22OSn2. The SMILES string of the molecule is C[CH2][SnH2][O][Sn]([CH2]C)([CH2]C)[CH2]C. The fourth-order valence-electron chi connectivity index (χ4n) is 1.37. The van der Waals surface area contributed by atoms with Crippen LogP contribution in [0.1, 0.15) is 27.7 Å². The zero-order valence-electron chi connectivity index (χ0n) is 8.44. The number of hydrogen-bond donors (Lipinski definition) is 0. The van der Waals surface area contributed by atoms with Crippen molar-refractivity contribution in [2.24, 2.45) is 0 Å². The summed E-state index contributed by atoms with van der Waals surface area (Å²) in [7, 11) is 0. The Labute approximate surface area is 86.5 Å². The summed E-state index contributed by atoms with van der Waals surface area (Å²) < 4.78 is 11.8. The molecule has 0 bridgehead atoms. The van der Waals surface area contributed by atoms with Crippen LogP contribution in [0.3, 0.4) is 0 Å². The molecule has 0 aromatic heterocycles. The van der Waals surface area contributed by atoms with E-state index in [1.807, 2.05) is 0 Å². The second-order valence-electron chi connectivity index (χ2n) is 3.09. The second-order valence-corrected chi connectivity index (χ2v) is 26.3. The molecule has 11 heavy (non-hydrogen) atoms. The molecule has 68 valence electrons. The minimum absolute atomic E-state index is 0.699. The molecule has 0 aromatic rings. The van der Waals surface area contributed by atoms with Crippen LogP contribution in [-0.2, 0) is 1.41 Å². The molecule has 0 radical (unpaired) electrons. The molecule has 0 heterocycles. The van der Waals surface area contributed by atoms with Crippen molar-refractivity contribution in [2.75, 3.05) is 0 Å². The average Bonchev–Trinajstić information content (AvgIpc) is 2.08. The summed E-state index contributed by atoms with van der Waals surface area (Å²) >= 11 is -2.57. The van der Waals surface area contributed by atoms with Gasteiger partial charge in [0.1, 0.15) is 0 Å². The molecule has 0 amide bonds. The molecule has 0 N–H and O–H groups in total. The molecule has 0 aliphatic rings. The third-order valence-corrected chi connectivity index (χ3v) is 32.7. The fourth-order valence-corrected chi connectivity index (χ4v) is 33.1. The van der Waals surface area contributed by atoms with Crippen LogP contribution in [0.15, 0.2) is 0 Å². The molecule has 0 spiro atoms. The van der Waals surface area contributed by atoms with Crippen LogP contribution in [0.25, 0.3) is 0 Å². The summed E-state index contributed by atoms with van der Waals surface area (Å²) in [5, 5.41) is 0. The van der Waals surface area contributed by atoms with Gasteiger partial charge in [-0.15, -0.1) is 0 Å². The van der Waals surface area contributed by atoms with Gasteiger partial charge in [0.25, 0.3) is 0 Å². The maximum absolute atomic E-state index is 6.25. The minimum atomic E-state index is -1.87. The summed E-state index contributed by atoms with van der Waals surface area (Å²) in [4.78, 5) is 0. The molecule has 3 heteroatoms. The van der Waals surface area contributed by atoms with E-state index < -0.39 is 40.3 Å². The van der Waals surface area contributed by atoms with Crippen LogP contribution in [0.5, 0.6) is 0 Å². The van der Waals surface area contributed by atoms with Gasteiger partial charge in [-0.25, -0.2) is 0 Å². The van der Waals surface area contributed by atoms with Gasteiger partial charge in [-0.1, -0.05) is 0 Å². The van der Waals surface area contributed by atoms with Crippen LogP contribution >= 0.6 is 0 Å². The van der Waals surface area contributed by atoms with E-state index in [0.717, 1.165) is 0 Å². The van der Waals surface area contributed by atoms with E-state index in [4.69, 9.17) is 1.41 Å². The molecule has 0 aromatic carbocycles. The van der Waals surface area contributed by atoms with E-state index in [9.17, 15) is 0 Å². The summed E-state index contributed by atoms with van der Waals surface area (Å²) in [6.45, 7) is 9.30. The monoisotopic (exact) mass is 374 g/mol.